The molecule has 1 aromatic carbocycles. The van der Waals surface area contributed by atoms with Crippen molar-refractivity contribution in [3.63, 3.8) is 0 Å². The van der Waals surface area contributed by atoms with Crippen molar-refractivity contribution in [2.45, 2.75) is 0 Å². The van der Waals surface area contributed by atoms with Crippen molar-refractivity contribution in [2.24, 2.45) is 0 Å². The topological polar surface area (TPSA) is 97.4 Å². The molecule has 152 valence electrons. The number of methoxy groups -OCH3 is 2. The van der Waals surface area contributed by atoms with E-state index in [0.29, 0.717) is 37.8 Å². The molecule has 9 nitrogen and oxygen atoms in total. The Bertz CT molecular complexity index is 762. The van der Waals surface area contributed by atoms with Crippen LogP contribution in [0.4, 0.5) is 5.69 Å². The van der Waals surface area contributed by atoms with E-state index in [2.05, 4.69) is 10.2 Å². The van der Waals surface area contributed by atoms with E-state index >= 15 is 0 Å². The predicted molar refractivity (Wildman–Crippen MR) is 102 cm³/mol. The number of carbonyl (C=O) groups excluding carboxylic acids is 1. The first-order chi connectivity index (χ1) is 12.8. The highest BCUT2D eigenvalue weighted by atomic mass is 32.2. The second-order valence-corrected chi connectivity index (χ2v) is 8.18. The lowest BCUT2D eigenvalue weighted by atomic mass is 10.1. The van der Waals surface area contributed by atoms with E-state index in [9.17, 15) is 13.2 Å². The molecule has 0 bridgehead atoms. The number of nitrogens with one attached hydrogen (secondary N) is 1. The minimum absolute atomic E-state index is 0.197. The third-order valence-electron chi connectivity index (χ3n) is 4.40. The van der Waals surface area contributed by atoms with Gasteiger partial charge in [0.2, 0.25) is 10.0 Å². The summed E-state index contributed by atoms with van der Waals surface area (Å²) in [6, 6.07) is 2.97. The summed E-state index contributed by atoms with van der Waals surface area (Å²) < 4.78 is 40.8. The minimum Gasteiger partial charge on any atom is -0.493 e. The summed E-state index contributed by atoms with van der Waals surface area (Å²) >= 11 is 0. The lowest BCUT2D eigenvalue weighted by Gasteiger charge is -2.26. The van der Waals surface area contributed by atoms with Crippen LogP contribution < -0.4 is 19.1 Å². The molecule has 27 heavy (non-hydrogen) atoms. The molecule has 1 aliphatic heterocycles. The van der Waals surface area contributed by atoms with Crippen molar-refractivity contribution in [2.75, 3.05) is 71.2 Å². The van der Waals surface area contributed by atoms with Gasteiger partial charge in [-0.1, -0.05) is 0 Å². The van der Waals surface area contributed by atoms with Gasteiger partial charge in [0.15, 0.2) is 11.5 Å². The average Bonchev–Trinajstić information content (AvgIpc) is 2.66. The Labute approximate surface area is 160 Å². The molecule has 10 heteroatoms. The Hall–Kier alpha value is -2.04. The quantitative estimate of drug-likeness (QED) is 0.663. The van der Waals surface area contributed by atoms with Crippen LogP contribution in [0.25, 0.3) is 0 Å². The van der Waals surface area contributed by atoms with Crippen LogP contribution in [0.3, 0.4) is 0 Å². The Kier molecular flexibility index (Phi) is 7.28. The van der Waals surface area contributed by atoms with Crippen LogP contribution in [-0.4, -0.2) is 86.1 Å². The van der Waals surface area contributed by atoms with Crippen LogP contribution in [0, 0.1) is 0 Å². The SMILES string of the molecule is COc1cc(C(=O)NCCN2CCOCC2)c(N(C)S(C)(=O)=O)cc1OC. The van der Waals surface area contributed by atoms with E-state index in [1.165, 1.54) is 33.4 Å². The van der Waals surface area contributed by atoms with Crippen LogP contribution in [0.5, 0.6) is 11.5 Å². The molecule has 0 unspecified atom stereocenters. The first-order valence-corrected chi connectivity index (χ1v) is 10.4. The summed E-state index contributed by atoms with van der Waals surface area (Å²) in [4.78, 5) is 14.9. The van der Waals surface area contributed by atoms with Crippen LogP contribution in [0.1, 0.15) is 10.4 Å². The molecular formula is C17H27N3O6S. The second kappa shape index (κ2) is 9.25. The average molecular weight is 401 g/mol. The molecule has 1 fully saturated rings. The number of benzene rings is 1. The summed E-state index contributed by atoms with van der Waals surface area (Å²) in [5.74, 6) is 0.309. The van der Waals surface area contributed by atoms with Crippen LogP contribution in [0.2, 0.25) is 0 Å². The lowest BCUT2D eigenvalue weighted by molar-refractivity contribution is 0.0383. The molecule has 1 saturated heterocycles. The lowest BCUT2D eigenvalue weighted by Crippen LogP contribution is -2.41. The number of carbonyl (C=O) groups is 1. The Morgan fingerprint density at radius 1 is 1.22 bits per heavy atom. The Morgan fingerprint density at radius 3 is 2.37 bits per heavy atom. The number of amides is 1. The highest BCUT2D eigenvalue weighted by Gasteiger charge is 2.23. The van der Waals surface area contributed by atoms with Gasteiger partial charge in [0, 0.05) is 39.3 Å². The highest BCUT2D eigenvalue weighted by Crippen LogP contribution is 2.35. The molecule has 0 aliphatic carbocycles. The predicted octanol–water partition coefficient (Wildman–Crippen LogP) is 0.162. The number of anilines is 1. The molecule has 1 amide bonds. The molecule has 1 aliphatic rings. The zero-order valence-corrected chi connectivity index (χ0v) is 17.0. The standard InChI is InChI=1S/C17H27N3O6S/c1-19(27(4,22)23)14-12-16(25-3)15(24-2)11-13(14)17(21)18-5-6-20-7-9-26-10-8-20/h11-12H,5-10H2,1-4H3,(H,18,21). The van der Waals surface area contributed by atoms with Gasteiger partial charge in [0.05, 0.1) is 44.9 Å². The summed E-state index contributed by atoms with van der Waals surface area (Å²) in [7, 11) is 0.736. The molecular weight excluding hydrogens is 374 g/mol. The number of rotatable bonds is 8. The van der Waals surface area contributed by atoms with Gasteiger partial charge in [0.25, 0.3) is 5.91 Å². The van der Waals surface area contributed by atoms with Gasteiger partial charge < -0.3 is 19.5 Å². The molecule has 0 spiro atoms. The molecule has 0 atom stereocenters. The maximum atomic E-state index is 12.7. The van der Waals surface area contributed by atoms with Gasteiger partial charge in [-0.25, -0.2) is 8.42 Å². The molecule has 1 aromatic rings. The first-order valence-electron chi connectivity index (χ1n) is 8.56. The Morgan fingerprint density at radius 2 is 1.81 bits per heavy atom. The zero-order chi connectivity index (χ0) is 20.0. The molecule has 2 rings (SSSR count). The highest BCUT2D eigenvalue weighted by molar-refractivity contribution is 7.92. The summed E-state index contributed by atoms with van der Waals surface area (Å²) in [5.41, 5.74) is 0.418. The fourth-order valence-corrected chi connectivity index (χ4v) is 3.25. The van der Waals surface area contributed by atoms with Gasteiger partial charge in [-0.15, -0.1) is 0 Å². The molecule has 1 heterocycles. The normalized spacial score (nSPS) is 15.3. The van der Waals surface area contributed by atoms with Crippen LogP contribution in [0.15, 0.2) is 12.1 Å². The monoisotopic (exact) mass is 401 g/mol. The van der Waals surface area contributed by atoms with Gasteiger partial charge in [-0.05, 0) is 6.07 Å². The van der Waals surface area contributed by atoms with E-state index in [-0.39, 0.29) is 17.2 Å². The van der Waals surface area contributed by atoms with Gasteiger partial charge in [0.1, 0.15) is 0 Å². The van der Waals surface area contributed by atoms with Crippen molar-refractivity contribution >= 4 is 21.6 Å². The molecule has 0 saturated carbocycles. The summed E-state index contributed by atoms with van der Waals surface area (Å²) in [6.07, 6.45) is 1.07. The van der Waals surface area contributed by atoms with Crippen molar-refractivity contribution in [3.05, 3.63) is 17.7 Å². The maximum Gasteiger partial charge on any atom is 0.253 e. The van der Waals surface area contributed by atoms with E-state index in [0.717, 1.165) is 23.7 Å². The van der Waals surface area contributed by atoms with Crippen molar-refractivity contribution in [3.8, 4) is 11.5 Å². The van der Waals surface area contributed by atoms with Gasteiger partial charge >= 0.3 is 0 Å². The largest absolute Gasteiger partial charge is 0.493 e. The van der Waals surface area contributed by atoms with Gasteiger partial charge in [-0.2, -0.15) is 0 Å². The van der Waals surface area contributed by atoms with E-state index in [4.69, 9.17) is 14.2 Å². The number of morpholine rings is 1. The zero-order valence-electron chi connectivity index (χ0n) is 16.1. The number of hydrogen-bond donors (Lipinski definition) is 1. The molecule has 1 N–H and O–H groups in total. The Balaban J connectivity index is 2.22. The van der Waals surface area contributed by atoms with E-state index in [1.807, 2.05) is 0 Å². The first kappa shape index (κ1) is 21.3. The number of ether oxygens (including phenoxy) is 3. The van der Waals surface area contributed by atoms with Crippen molar-refractivity contribution < 1.29 is 27.4 Å². The third kappa shape index (κ3) is 5.47. The molecule has 0 aromatic heterocycles. The summed E-state index contributed by atoms with van der Waals surface area (Å²) in [5, 5.41) is 2.84. The van der Waals surface area contributed by atoms with E-state index < -0.39 is 10.0 Å². The van der Waals surface area contributed by atoms with Crippen LogP contribution >= 0.6 is 0 Å². The van der Waals surface area contributed by atoms with Crippen molar-refractivity contribution in [1.82, 2.24) is 10.2 Å². The number of nitrogens with zero attached hydrogens (tertiary/aromatic N) is 2. The number of hydrogen-bond acceptors (Lipinski definition) is 7. The van der Waals surface area contributed by atoms with E-state index in [1.54, 1.807) is 0 Å². The third-order valence-corrected chi connectivity index (χ3v) is 5.59. The fourth-order valence-electron chi connectivity index (χ4n) is 2.74. The summed E-state index contributed by atoms with van der Waals surface area (Å²) in [6.45, 7) is 4.16. The second-order valence-electron chi connectivity index (χ2n) is 6.16. The minimum atomic E-state index is -3.56. The maximum absolute atomic E-state index is 12.7. The molecule has 0 radical (unpaired) electrons. The fraction of sp³-hybridized carbons (Fsp3) is 0.588. The smallest absolute Gasteiger partial charge is 0.253 e. The van der Waals surface area contributed by atoms with Crippen molar-refractivity contribution in [1.29, 1.82) is 0 Å². The van der Waals surface area contributed by atoms with Crippen LogP contribution in [-0.2, 0) is 14.8 Å². The van der Waals surface area contributed by atoms with Gasteiger partial charge in [-0.3, -0.25) is 14.0 Å². The number of sulfonamides is 1.